The molecule has 3 rings (SSSR count). The molecule has 1 N–H and O–H groups in total. The van der Waals surface area contributed by atoms with Crippen molar-refractivity contribution in [1.82, 2.24) is 20.2 Å². The van der Waals surface area contributed by atoms with E-state index >= 15 is 0 Å². The molecule has 2 aromatic rings. The van der Waals surface area contributed by atoms with E-state index in [4.69, 9.17) is 5.26 Å². The summed E-state index contributed by atoms with van der Waals surface area (Å²) in [6.45, 7) is 1.70. The van der Waals surface area contributed by atoms with Crippen LogP contribution in [-0.4, -0.2) is 25.3 Å². The van der Waals surface area contributed by atoms with Crippen LogP contribution in [0, 0.1) is 11.3 Å². The highest BCUT2D eigenvalue weighted by Gasteiger charge is 2.28. The molecule has 1 saturated carbocycles. The van der Waals surface area contributed by atoms with Crippen molar-refractivity contribution in [2.24, 2.45) is 0 Å². The Morgan fingerprint density at radius 1 is 1.50 bits per heavy atom. The largest absolute Gasteiger partial charge is 0.389 e. The van der Waals surface area contributed by atoms with Gasteiger partial charge in [0.05, 0.1) is 23.8 Å². The minimum absolute atomic E-state index is 0.390. The number of aliphatic hydroxyl groups excluding tert-OH is 1. The predicted molar refractivity (Wildman–Crippen MR) is 72.0 cm³/mol. The van der Waals surface area contributed by atoms with E-state index < -0.39 is 6.10 Å². The van der Waals surface area contributed by atoms with Gasteiger partial charge < -0.3 is 5.11 Å². The fourth-order valence-electron chi connectivity index (χ4n) is 1.94. The average Bonchev–Trinajstić information content (AvgIpc) is 3.19. The van der Waals surface area contributed by atoms with Crippen LogP contribution in [-0.2, 0) is 0 Å². The molecule has 1 heterocycles. The number of aromatic nitrogens is 4. The highest BCUT2D eigenvalue weighted by atomic mass is 32.2. The third-order valence-corrected chi connectivity index (χ3v) is 4.17. The SMILES string of the molecule is C[C@@H](O)c1ccc(C#N)cc1Sc1nnnn1C1CC1. The summed E-state index contributed by atoms with van der Waals surface area (Å²) in [4.78, 5) is 0.816. The number of hydrogen-bond acceptors (Lipinski definition) is 6. The zero-order valence-corrected chi connectivity index (χ0v) is 11.7. The van der Waals surface area contributed by atoms with Gasteiger partial charge in [0, 0.05) is 4.90 Å². The number of tetrazole rings is 1. The number of nitriles is 1. The summed E-state index contributed by atoms with van der Waals surface area (Å²) >= 11 is 1.39. The van der Waals surface area contributed by atoms with Crippen LogP contribution in [0.1, 0.15) is 43.0 Å². The highest BCUT2D eigenvalue weighted by molar-refractivity contribution is 7.99. The first-order valence-electron chi connectivity index (χ1n) is 6.37. The summed E-state index contributed by atoms with van der Waals surface area (Å²) < 4.78 is 1.82. The summed E-state index contributed by atoms with van der Waals surface area (Å²) in [5.74, 6) is 0. The summed E-state index contributed by atoms with van der Waals surface area (Å²) in [6.07, 6.45) is 1.59. The molecule has 0 aliphatic heterocycles. The fraction of sp³-hybridized carbons (Fsp3) is 0.385. The molecule has 0 radical (unpaired) electrons. The smallest absolute Gasteiger partial charge is 0.214 e. The van der Waals surface area contributed by atoms with Crippen molar-refractivity contribution in [2.75, 3.05) is 0 Å². The number of nitrogens with zero attached hydrogens (tertiary/aromatic N) is 5. The minimum atomic E-state index is -0.601. The van der Waals surface area contributed by atoms with E-state index in [0.29, 0.717) is 16.8 Å². The summed E-state index contributed by atoms with van der Waals surface area (Å²) in [7, 11) is 0. The molecule has 20 heavy (non-hydrogen) atoms. The van der Waals surface area contributed by atoms with E-state index in [1.165, 1.54) is 11.8 Å². The van der Waals surface area contributed by atoms with Gasteiger partial charge in [-0.15, -0.1) is 5.10 Å². The van der Waals surface area contributed by atoms with Crippen LogP contribution in [0.15, 0.2) is 28.3 Å². The monoisotopic (exact) mass is 287 g/mol. The fourth-order valence-corrected chi connectivity index (χ4v) is 3.03. The Labute approximate surface area is 120 Å². The quantitative estimate of drug-likeness (QED) is 0.926. The van der Waals surface area contributed by atoms with Crippen LogP contribution in [0.2, 0.25) is 0 Å². The van der Waals surface area contributed by atoms with Crippen molar-refractivity contribution in [2.45, 2.75) is 42.0 Å². The summed E-state index contributed by atoms with van der Waals surface area (Å²) in [6, 6.07) is 7.74. The van der Waals surface area contributed by atoms with Crippen LogP contribution in [0.5, 0.6) is 0 Å². The van der Waals surface area contributed by atoms with Gasteiger partial charge in [-0.05, 0) is 59.7 Å². The van der Waals surface area contributed by atoms with Crippen LogP contribution in [0.3, 0.4) is 0 Å². The Kier molecular flexibility index (Phi) is 3.42. The second-order valence-electron chi connectivity index (χ2n) is 4.78. The molecule has 1 aromatic carbocycles. The Morgan fingerprint density at radius 3 is 2.95 bits per heavy atom. The molecule has 0 saturated heterocycles. The second-order valence-corrected chi connectivity index (χ2v) is 5.79. The lowest BCUT2D eigenvalue weighted by Gasteiger charge is -2.11. The van der Waals surface area contributed by atoms with E-state index in [1.807, 2.05) is 4.68 Å². The van der Waals surface area contributed by atoms with Gasteiger partial charge in [0.15, 0.2) is 0 Å². The average molecular weight is 287 g/mol. The molecule has 1 aliphatic carbocycles. The molecule has 7 heteroatoms. The first-order chi connectivity index (χ1) is 9.69. The normalized spacial score (nSPS) is 15.8. The maximum Gasteiger partial charge on any atom is 0.214 e. The third kappa shape index (κ3) is 2.53. The molecule has 0 bridgehead atoms. The predicted octanol–water partition coefficient (Wildman–Crippen LogP) is 2.08. The molecule has 0 spiro atoms. The topological polar surface area (TPSA) is 87.6 Å². The van der Waals surface area contributed by atoms with Crippen molar-refractivity contribution in [3.05, 3.63) is 29.3 Å². The number of aliphatic hydroxyl groups is 1. The van der Waals surface area contributed by atoms with Gasteiger partial charge in [0.25, 0.3) is 0 Å². The van der Waals surface area contributed by atoms with Crippen LogP contribution in [0.4, 0.5) is 0 Å². The zero-order valence-electron chi connectivity index (χ0n) is 10.9. The molecule has 1 aliphatic rings. The lowest BCUT2D eigenvalue weighted by molar-refractivity contribution is 0.196. The zero-order chi connectivity index (χ0) is 14.1. The maximum absolute atomic E-state index is 9.83. The Balaban J connectivity index is 1.96. The Bertz CT molecular complexity index is 672. The number of hydrogen-bond donors (Lipinski definition) is 1. The van der Waals surface area contributed by atoms with Crippen LogP contribution >= 0.6 is 11.8 Å². The van der Waals surface area contributed by atoms with E-state index in [-0.39, 0.29) is 0 Å². The maximum atomic E-state index is 9.83. The van der Waals surface area contributed by atoms with Gasteiger partial charge in [-0.1, -0.05) is 6.07 Å². The summed E-state index contributed by atoms with van der Waals surface area (Å²) in [5, 5.41) is 31.3. The molecular formula is C13H13N5OS. The van der Waals surface area contributed by atoms with E-state index in [0.717, 1.165) is 23.3 Å². The molecule has 1 fully saturated rings. The van der Waals surface area contributed by atoms with Gasteiger partial charge in [0.2, 0.25) is 5.16 Å². The first kappa shape index (κ1) is 13.1. The van der Waals surface area contributed by atoms with Gasteiger partial charge in [-0.3, -0.25) is 0 Å². The van der Waals surface area contributed by atoms with Crippen molar-refractivity contribution in [3.63, 3.8) is 0 Å². The third-order valence-electron chi connectivity index (χ3n) is 3.15. The highest BCUT2D eigenvalue weighted by Crippen LogP contribution is 2.39. The molecule has 102 valence electrons. The van der Waals surface area contributed by atoms with Gasteiger partial charge in [0.1, 0.15) is 0 Å². The standard InChI is InChI=1S/C13H13N5OS/c1-8(19)11-5-2-9(7-14)6-12(11)20-13-15-16-17-18(13)10-3-4-10/h2,5-6,8,10,19H,3-4H2,1H3/t8-/m1/s1. The van der Waals surface area contributed by atoms with Crippen molar-refractivity contribution < 1.29 is 5.11 Å². The molecule has 1 atom stereocenters. The van der Waals surface area contributed by atoms with Crippen molar-refractivity contribution in [3.8, 4) is 6.07 Å². The number of benzene rings is 1. The van der Waals surface area contributed by atoms with Gasteiger partial charge >= 0.3 is 0 Å². The lowest BCUT2D eigenvalue weighted by Crippen LogP contribution is -2.00. The van der Waals surface area contributed by atoms with E-state index in [2.05, 4.69) is 21.6 Å². The molecule has 1 aromatic heterocycles. The van der Waals surface area contributed by atoms with E-state index in [9.17, 15) is 5.11 Å². The van der Waals surface area contributed by atoms with Gasteiger partial charge in [-0.25, -0.2) is 4.68 Å². The lowest BCUT2D eigenvalue weighted by atomic mass is 10.1. The van der Waals surface area contributed by atoms with Crippen LogP contribution in [0.25, 0.3) is 0 Å². The van der Waals surface area contributed by atoms with Crippen molar-refractivity contribution in [1.29, 1.82) is 5.26 Å². The molecule has 0 unspecified atom stereocenters. The van der Waals surface area contributed by atoms with Crippen molar-refractivity contribution >= 4 is 11.8 Å². The van der Waals surface area contributed by atoms with Crippen LogP contribution < -0.4 is 0 Å². The molecular weight excluding hydrogens is 274 g/mol. The van der Waals surface area contributed by atoms with E-state index in [1.54, 1.807) is 25.1 Å². The number of rotatable bonds is 4. The molecule has 6 nitrogen and oxygen atoms in total. The Hall–Kier alpha value is -1.91. The first-order valence-corrected chi connectivity index (χ1v) is 7.18. The Morgan fingerprint density at radius 2 is 2.30 bits per heavy atom. The second kappa shape index (κ2) is 5.23. The molecule has 0 amide bonds. The summed E-state index contributed by atoms with van der Waals surface area (Å²) in [5.41, 5.74) is 1.33. The van der Waals surface area contributed by atoms with Gasteiger partial charge in [-0.2, -0.15) is 5.26 Å². The minimum Gasteiger partial charge on any atom is -0.389 e.